The Morgan fingerprint density at radius 1 is 1.39 bits per heavy atom. The molecule has 5 heteroatoms. The molecule has 18 heavy (non-hydrogen) atoms. The molecule has 0 aliphatic rings. The number of nitrogens with zero attached hydrogens (tertiary/aromatic N) is 2. The first-order chi connectivity index (χ1) is 8.59. The van der Waals surface area contributed by atoms with E-state index < -0.39 is 5.82 Å². The molecule has 1 heterocycles. The molecule has 2 N–H and O–H groups in total. The van der Waals surface area contributed by atoms with Crippen molar-refractivity contribution in [3.05, 3.63) is 54.1 Å². The maximum atomic E-state index is 13.1. The Labute approximate surface area is 104 Å². The van der Waals surface area contributed by atoms with Crippen LogP contribution < -0.4 is 10.6 Å². The van der Waals surface area contributed by atoms with Crippen LogP contribution in [0.4, 0.5) is 15.8 Å². The second-order valence-corrected chi connectivity index (χ2v) is 3.81. The molecule has 0 aliphatic carbocycles. The third kappa shape index (κ3) is 2.29. The third-order valence-corrected chi connectivity index (χ3v) is 2.57. The number of aromatic nitrogens is 1. The second kappa shape index (κ2) is 4.83. The molecule has 2 aromatic rings. The largest absolute Gasteiger partial charge is 0.396 e. The van der Waals surface area contributed by atoms with Gasteiger partial charge in [0.2, 0.25) is 0 Å². The number of nitrogen functional groups attached to an aromatic ring is 1. The minimum atomic E-state index is -0.447. The van der Waals surface area contributed by atoms with Crippen LogP contribution in [0.1, 0.15) is 10.4 Å². The highest BCUT2D eigenvalue weighted by Gasteiger charge is 2.15. The molecule has 92 valence electrons. The molecule has 4 nitrogen and oxygen atoms in total. The van der Waals surface area contributed by atoms with E-state index in [9.17, 15) is 9.18 Å². The van der Waals surface area contributed by atoms with E-state index in [1.54, 1.807) is 25.4 Å². The van der Waals surface area contributed by atoms with Crippen molar-refractivity contribution < 1.29 is 9.18 Å². The van der Waals surface area contributed by atoms with Crippen LogP contribution in [0.2, 0.25) is 0 Å². The van der Waals surface area contributed by atoms with Crippen molar-refractivity contribution in [2.75, 3.05) is 17.7 Å². The highest BCUT2D eigenvalue weighted by molar-refractivity contribution is 6.07. The maximum Gasteiger partial charge on any atom is 0.258 e. The number of halogens is 1. The predicted molar refractivity (Wildman–Crippen MR) is 67.8 cm³/mol. The first-order valence-electron chi connectivity index (χ1n) is 5.32. The van der Waals surface area contributed by atoms with Gasteiger partial charge in [-0.3, -0.25) is 9.78 Å². The lowest BCUT2D eigenvalue weighted by atomic mass is 10.2. The average Bonchev–Trinajstić information content (AvgIpc) is 2.37. The van der Waals surface area contributed by atoms with Gasteiger partial charge in [-0.15, -0.1) is 0 Å². The standard InChI is InChI=1S/C13H12FN3O/c1-17(12-5-6-16-8-11(12)15)13(18)9-3-2-4-10(14)7-9/h2-8H,15H2,1H3. The summed E-state index contributed by atoms with van der Waals surface area (Å²) in [7, 11) is 1.58. The van der Waals surface area contributed by atoms with Crippen molar-refractivity contribution in [1.82, 2.24) is 4.98 Å². The summed E-state index contributed by atoms with van der Waals surface area (Å²) in [5.74, 6) is -0.774. The fourth-order valence-corrected chi connectivity index (χ4v) is 1.63. The van der Waals surface area contributed by atoms with Gasteiger partial charge >= 0.3 is 0 Å². The van der Waals surface area contributed by atoms with Crippen molar-refractivity contribution in [1.29, 1.82) is 0 Å². The SMILES string of the molecule is CN(C(=O)c1cccc(F)c1)c1ccncc1N. The van der Waals surface area contributed by atoms with E-state index >= 15 is 0 Å². The molecule has 2 rings (SSSR count). The average molecular weight is 245 g/mol. The molecule has 0 atom stereocenters. The molecule has 1 aromatic heterocycles. The maximum absolute atomic E-state index is 13.1. The normalized spacial score (nSPS) is 10.1. The zero-order chi connectivity index (χ0) is 13.1. The minimum absolute atomic E-state index is 0.272. The monoisotopic (exact) mass is 245 g/mol. The Morgan fingerprint density at radius 2 is 2.17 bits per heavy atom. The molecule has 0 fully saturated rings. The van der Waals surface area contributed by atoms with Crippen molar-refractivity contribution in [2.24, 2.45) is 0 Å². The van der Waals surface area contributed by atoms with Crippen LogP contribution in [-0.2, 0) is 0 Å². The van der Waals surface area contributed by atoms with Crippen LogP contribution in [0, 0.1) is 5.82 Å². The number of hydrogen-bond donors (Lipinski definition) is 1. The molecule has 0 unspecified atom stereocenters. The summed E-state index contributed by atoms with van der Waals surface area (Å²) >= 11 is 0. The van der Waals surface area contributed by atoms with Gasteiger partial charge in [-0.05, 0) is 24.3 Å². The molecule has 0 radical (unpaired) electrons. The first kappa shape index (κ1) is 12.0. The lowest BCUT2D eigenvalue weighted by Gasteiger charge is -2.18. The zero-order valence-corrected chi connectivity index (χ0v) is 9.80. The molecule has 0 aliphatic heterocycles. The molecule has 0 bridgehead atoms. The van der Waals surface area contributed by atoms with E-state index in [-0.39, 0.29) is 11.5 Å². The van der Waals surface area contributed by atoms with Crippen molar-refractivity contribution in [3.8, 4) is 0 Å². The van der Waals surface area contributed by atoms with Crippen LogP contribution in [0.3, 0.4) is 0 Å². The smallest absolute Gasteiger partial charge is 0.258 e. The van der Waals surface area contributed by atoms with Gasteiger partial charge in [-0.1, -0.05) is 6.07 Å². The Hall–Kier alpha value is -2.43. The number of carbonyl (C=O) groups is 1. The Bertz CT molecular complexity index is 586. The minimum Gasteiger partial charge on any atom is -0.396 e. The number of carbonyl (C=O) groups excluding carboxylic acids is 1. The number of pyridine rings is 1. The first-order valence-corrected chi connectivity index (χ1v) is 5.32. The van der Waals surface area contributed by atoms with E-state index in [1.807, 2.05) is 0 Å². The van der Waals surface area contributed by atoms with Gasteiger partial charge in [0.1, 0.15) is 5.82 Å². The number of benzene rings is 1. The highest BCUT2D eigenvalue weighted by Crippen LogP contribution is 2.21. The summed E-state index contributed by atoms with van der Waals surface area (Å²) in [5, 5.41) is 0. The summed E-state index contributed by atoms with van der Waals surface area (Å²) in [6.45, 7) is 0. The summed E-state index contributed by atoms with van der Waals surface area (Å²) in [5.41, 5.74) is 6.94. The van der Waals surface area contributed by atoms with Gasteiger partial charge < -0.3 is 10.6 Å². The number of rotatable bonds is 2. The third-order valence-electron chi connectivity index (χ3n) is 2.57. The van der Waals surface area contributed by atoms with E-state index in [1.165, 1.54) is 29.3 Å². The highest BCUT2D eigenvalue weighted by atomic mass is 19.1. The molecule has 0 spiro atoms. The van der Waals surface area contributed by atoms with Gasteiger partial charge in [0.15, 0.2) is 0 Å². The zero-order valence-electron chi connectivity index (χ0n) is 9.80. The van der Waals surface area contributed by atoms with E-state index in [0.717, 1.165) is 0 Å². The molecular formula is C13H12FN3O. The number of nitrogens with two attached hydrogens (primary N) is 1. The van der Waals surface area contributed by atoms with Crippen molar-refractivity contribution in [3.63, 3.8) is 0 Å². The summed E-state index contributed by atoms with van der Waals surface area (Å²) in [6.07, 6.45) is 3.01. The Morgan fingerprint density at radius 3 is 2.83 bits per heavy atom. The van der Waals surface area contributed by atoms with E-state index in [0.29, 0.717) is 11.4 Å². The van der Waals surface area contributed by atoms with Gasteiger partial charge in [-0.25, -0.2) is 4.39 Å². The molecule has 0 saturated heterocycles. The number of anilines is 2. The van der Waals surface area contributed by atoms with Crippen LogP contribution >= 0.6 is 0 Å². The summed E-state index contributed by atoms with van der Waals surface area (Å²) in [6, 6.07) is 7.16. The predicted octanol–water partition coefficient (Wildman–Crippen LogP) is 2.08. The number of amides is 1. The summed E-state index contributed by atoms with van der Waals surface area (Å²) < 4.78 is 13.1. The number of hydrogen-bond acceptors (Lipinski definition) is 3. The topological polar surface area (TPSA) is 59.2 Å². The van der Waals surface area contributed by atoms with Gasteiger partial charge in [0.25, 0.3) is 5.91 Å². The molecule has 1 aromatic carbocycles. The van der Waals surface area contributed by atoms with Gasteiger partial charge in [-0.2, -0.15) is 0 Å². The van der Waals surface area contributed by atoms with Gasteiger partial charge in [0, 0.05) is 18.8 Å². The molecule has 1 amide bonds. The van der Waals surface area contributed by atoms with Gasteiger partial charge in [0.05, 0.1) is 17.6 Å². The van der Waals surface area contributed by atoms with Crippen LogP contribution in [0.15, 0.2) is 42.7 Å². The quantitative estimate of drug-likeness (QED) is 0.881. The fourth-order valence-electron chi connectivity index (χ4n) is 1.63. The summed E-state index contributed by atoms with van der Waals surface area (Å²) in [4.78, 5) is 17.4. The van der Waals surface area contributed by atoms with E-state index in [4.69, 9.17) is 5.73 Å². The Kier molecular flexibility index (Phi) is 3.23. The van der Waals surface area contributed by atoms with Crippen LogP contribution in [0.25, 0.3) is 0 Å². The fraction of sp³-hybridized carbons (Fsp3) is 0.0769. The molecular weight excluding hydrogens is 233 g/mol. The van der Waals surface area contributed by atoms with Crippen LogP contribution in [-0.4, -0.2) is 17.9 Å². The van der Waals surface area contributed by atoms with Crippen molar-refractivity contribution in [2.45, 2.75) is 0 Å². The lowest BCUT2D eigenvalue weighted by Crippen LogP contribution is -2.27. The molecule has 0 saturated carbocycles. The van der Waals surface area contributed by atoms with E-state index in [2.05, 4.69) is 4.98 Å². The van der Waals surface area contributed by atoms with Crippen molar-refractivity contribution >= 4 is 17.3 Å². The second-order valence-electron chi connectivity index (χ2n) is 3.81. The van der Waals surface area contributed by atoms with Crippen LogP contribution in [0.5, 0.6) is 0 Å². The lowest BCUT2D eigenvalue weighted by molar-refractivity contribution is 0.0992. The Balaban J connectivity index is 2.32.